The summed E-state index contributed by atoms with van der Waals surface area (Å²) in [6, 6.07) is 0. The van der Waals surface area contributed by atoms with Crippen LogP contribution < -0.4 is 5.84 Å². The van der Waals surface area contributed by atoms with Gasteiger partial charge in [0.25, 0.3) is 0 Å². The Bertz CT molecular complexity index is 229. The molecular formula is C5H5F2N3. The molecule has 0 aromatic rings. The van der Waals surface area contributed by atoms with Gasteiger partial charge in [-0.1, -0.05) is 0 Å². The molecule has 0 atom stereocenters. The number of aliphatic imine (C=N–C) groups is 1. The number of hydrogen-bond donors (Lipinski definition) is 1. The summed E-state index contributed by atoms with van der Waals surface area (Å²) in [4.78, 5) is 3.21. The normalized spacial score (nSPS) is 22.4. The lowest BCUT2D eigenvalue weighted by Crippen LogP contribution is -2.06. The molecule has 54 valence electrons. The van der Waals surface area contributed by atoms with Crippen LogP contribution in [0.5, 0.6) is 0 Å². The second-order valence-electron chi connectivity index (χ2n) is 1.75. The molecule has 0 spiro atoms. The predicted molar refractivity (Wildman–Crippen MR) is 34.0 cm³/mol. The maximum absolute atomic E-state index is 12.3. The van der Waals surface area contributed by atoms with Gasteiger partial charge >= 0.3 is 0 Å². The quantitative estimate of drug-likeness (QED) is 0.399. The topological polar surface area (TPSA) is 50.7 Å². The Kier molecular flexibility index (Phi) is 1.75. The molecule has 0 radical (unpaired) electrons. The van der Waals surface area contributed by atoms with Gasteiger partial charge in [0.2, 0.25) is 5.97 Å². The van der Waals surface area contributed by atoms with E-state index in [0.29, 0.717) is 6.08 Å². The first-order valence-electron chi connectivity index (χ1n) is 2.59. The Balaban J connectivity index is 2.87. The van der Waals surface area contributed by atoms with Crippen LogP contribution in [0.2, 0.25) is 0 Å². The van der Waals surface area contributed by atoms with Gasteiger partial charge < -0.3 is 5.84 Å². The van der Waals surface area contributed by atoms with Crippen molar-refractivity contribution in [2.24, 2.45) is 15.9 Å². The highest BCUT2D eigenvalue weighted by Crippen LogP contribution is 2.11. The van der Waals surface area contributed by atoms with E-state index in [1.165, 1.54) is 0 Å². The molecule has 0 unspecified atom stereocenters. The minimum Gasteiger partial charge on any atom is -0.322 e. The molecule has 0 saturated carbocycles. The molecule has 0 bridgehead atoms. The van der Waals surface area contributed by atoms with Crippen molar-refractivity contribution in [1.82, 2.24) is 0 Å². The molecule has 2 N–H and O–H groups in total. The summed E-state index contributed by atoms with van der Waals surface area (Å²) in [5, 5.41) is 3.06. The van der Waals surface area contributed by atoms with Gasteiger partial charge in [0.1, 0.15) is 5.83 Å². The molecule has 0 aliphatic carbocycles. The zero-order valence-corrected chi connectivity index (χ0v) is 5.01. The smallest absolute Gasteiger partial charge is 0.217 e. The number of halogens is 2. The van der Waals surface area contributed by atoms with Crippen molar-refractivity contribution in [3.8, 4) is 0 Å². The van der Waals surface area contributed by atoms with Crippen molar-refractivity contribution >= 4 is 11.8 Å². The lowest BCUT2D eigenvalue weighted by molar-refractivity contribution is 0.618. The van der Waals surface area contributed by atoms with Crippen LogP contribution in [0.3, 0.4) is 0 Å². The molecule has 1 rings (SSSR count). The third-order valence-electron chi connectivity index (χ3n) is 0.988. The lowest BCUT2D eigenvalue weighted by atomic mass is 10.3. The average molecular weight is 145 g/mol. The van der Waals surface area contributed by atoms with E-state index in [0.717, 1.165) is 0 Å². The third-order valence-corrected chi connectivity index (χ3v) is 0.988. The van der Waals surface area contributed by atoms with Gasteiger partial charge in [-0.15, -0.1) is 0 Å². The van der Waals surface area contributed by atoms with E-state index >= 15 is 0 Å². The third kappa shape index (κ3) is 1.37. The van der Waals surface area contributed by atoms with Crippen LogP contribution >= 0.6 is 0 Å². The number of rotatable bonds is 0. The second kappa shape index (κ2) is 2.55. The molecule has 0 amide bonds. The minimum absolute atomic E-state index is 0.0301. The van der Waals surface area contributed by atoms with Crippen LogP contribution in [0.1, 0.15) is 6.42 Å². The average Bonchev–Trinajstić information content (AvgIpc) is 1.85. The van der Waals surface area contributed by atoms with Crippen molar-refractivity contribution in [3.63, 3.8) is 0 Å². The van der Waals surface area contributed by atoms with Crippen molar-refractivity contribution in [1.29, 1.82) is 0 Å². The van der Waals surface area contributed by atoms with Gasteiger partial charge in [-0.05, 0) is 0 Å². The van der Waals surface area contributed by atoms with Gasteiger partial charge in [-0.3, -0.25) is 0 Å². The highest BCUT2D eigenvalue weighted by Gasteiger charge is 2.10. The molecule has 1 heterocycles. The maximum Gasteiger partial charge on any atom is 0.217 e. The van der Waals surface area contributed by atoms with Crippen LogP contribution in [-0.4, -0.2) is 11.8 Å². The van der Waals surface area contributed by atoms with Crippen molar-refractivity contribution in [2.45, 2.75) is 6.42 Å². The predicted octanol–water partition coefficient (Wildman–Crippen LogP) is 0.884. The lowest BCUT2D eigenvalue weighted by Gasteiger charge is -2.01. The molecule has 0 saturated heterocycles. The van der Waals surface area contributed by atoms with Gasteiger partial charge in [0.05, 0.1) is 6.42 Å². The van der Waals surface area contributed by atoms with Crippen LogP contribution in [0.15, 0.2) is 22.0 Å². The first-order chi connectivity index (χ1) is 4.72. The van der Waals surface area contributed by atoms with Crippen LogP contribution in [-0.2, 0) is 0 Å². The SMILES string of the molecule is N/N=C1\CC(F)=CC(F)=N1. The summed E-state index contributed by atoms with van der Waals surface area (Å²) in [5.41, 5.74) is 0. The summed E-state index contributed by atoms with van der Waals surface area (Å²) in [6.07, 6.45) is 0.582. The van der Waals surface area contributed by atoms with E-state index in [1.54, 1.807) is 0 Å². The summed E-state index contributed by atoms with van der Waals surface area (Å²) >= 11 is 0. The summed E-state index contributed by atoms with van der Waals surface area (Å²) in [5.74, 6) is 3.21. The molecule has 0 aromatic heterocycles. The molecular weight excluding hydrogens is 140 g/mol. The molecule has 1 aliphatic rings. The minimum atomic E-state index is -0.895. The van der Waals surface area contributed by atoms with Crippen LogP contribution in [0.4, 0.5) is 8.78 Å². The maximum atomic E-state index is 12.3. The zero-order valence-electron chi connectivity index (χ0n) is 5.01. The van der Waals surface area contributed by atoms with E-state index in [-0.39, 0.29) is 12.3 Å². The standard InChI is InChI=1S/C5H5F2N3/c6-3-1-4(7)9-5(2-3)10-8/h1H,2,8H2/b10-5+. The highest BCUT2D eigenvalue weighted by molar-refractivity contribution is 6.02. The van der Waals surface area contributed by atoms with E-state index < -0.39 is 11.8 Å². The van der Waals surface area contributed by atoms with E-state index in [1.807, 2.05) is 0 Å². The fourth-order valence-corrected chi connectivity index (χ4v) is 0.601. The first-order valence-corrected chi connectivity index (χ1v) is 2.59. The van der Waals surface area contributed by atoms with E-state index in [2.05, 4.69) is 10.1 Å². The number of allylic oxidation sites excluding steroid dienone is 1. The fraction of sp³-hybridized carbons (Fsp3) is 0.200. The molecule has 0 aromatic carbocycles. The summed E-state index contributed by atoms with van der Waals surface area (Å²) < 4.78 is 24.4. The number of nitrogens with zero attached hydrogens (tertiary/aromatic N) is 2. The van der Waals surface area contributed by atoms with Gasteiger partial charge in [-0.2, -0.15) is 9.49 Å². The largest absolute Gasteiger partial charge is 0.322 e. The van der Waals surface area contributed by atoms with Gasteiger partial charge in [0, 0.05) is 6.08 Å². The van der Waals surface area contributed by atoms with E-state index in [4.69, 9.17) is 5.84 Å². The Morgan fingerprint density at radius 1 is 1.60 bits per heavy atom. The number of dihydropyridines is 1. The van der Waals surface area contributed by atoms with Crippen LogP contribution in [0.25, 0.3) is 0 Å². The number of nitrogens with two attached hydrogens (primary N) is 1. The van der Waals surface area contributed by atoms with Crippen LogP contribution in [0, 0.1) is 0 Å². The zero-order chi connectivity index (χ0) is 7.56. The molecule has 3 nitrogen and oxygen atoms in total. The van der Waals surface area contributed by atoms with Gasteiger partial charge in [-0.25, -0.2) is 9.38 Å². The number of hydrogen-bond acceptors (Lipinski definition) is 2. The number of hydrazone groups is 1. The molecule has 0 fully saturated rings. The Labute approximate surface area is 55.9 Å². The second-order valence-corrected chi connectivity index (χ2v) is 1.75. The molecule has 5 heteroatoms. The van der Waals surface area contributed by atoms with Crippen molar-refractivity contribution in [3.05, 3.63) is 11.9 Å². The van der Waals surface area contributed by atoms with E-state index in [9.17, 15) is 8.78 Å². The molecule has 10 heavy (non-hydrogen) atoms. The van der Waals surface area contributed by atoms with Gasteiger partial charge in [0.15, 0.2) is 5.84 Å². The molecule has 1 aliphatic heterocycles. The van der Waals surface area contributed by atoms with Crippen molar-refractivity contribution < 1.29 is 8.78 Å². The Morgan fingerprint density at radius 3 is 2.80 bits per heavy atom. The van der Waals surface area contributed by atoms with Crippen molar-refractivity contribution in [2.75, 3.05) is 0 Å². The fourth-order valence-electron chi connectivity index (χ4n) is 0.601. The first kappa shape index (κ1) is 6.85. The monoisotopic (exact) mass is 145 g/mol. The summed E-state index contributed by atoms with van der Waals surface area (Å²) in [6.45, 7) is 0. The Morgan fingerprint density at radius 2 is 2.30 bits per heavy atom. The Hall–Kier alpha value is -1.26. The number of amidine groups is 1. The summed E-state index contributed by atoms with van der Waals surface area (Å²) in [7, 11) is 0. The highest BCUT2D eigenvalue weighted by atomic mass is 19.1.